The third kappa shape index (κ3) is 7.26. The summed E-state index contributed by atoms with van der Waals surface area (Å²) in [5.74, 6) is 0.0650. The second-order valence-electron chi connectivity index (χ2n) is 7.98. The van der Waals surface area contributed by atoms with Crippen molar-refractivity contribution in [1.29, 1.82) is 0 Å². The topological polar surface area (TPSA) is 135 Å². The first-order valence-corrected chi connectivity index (χ1v) is 12.4. The van der Waals surface area contributed by atoms with E-state index in [0.717, 1.165) is 28.4 Å². The summed E-state index contributed by atoms with van der Waals surface area (Å²) in [5.41, 5.74) is 3.94. The number of amides is 1. The van der Waals surface area contributed by atoms with Crippen molar-refractivity contribution in [3.8, 4) is 0 Å². The predicted molar refractivity (Wildman–Crippen MR) is 145 cm³/mol. The Morgan fingerprint density at radius 3 is 2.76 bits per heavy atom. The zero-order chi connectivity index (χ0) is 26.0. The van der Waals surface area contributed by atoms with Crippen LogP contribution < -0.4 is 26.5 Å². The van der Waals surface area contributed by atoms with Gasteiger partial charge in [0.2, 0.25) is 0 Å². The maximum absolute atomic E-state index is 13.1. The van der Waals surface area contributed by atoms with Gasteiger partial charge in [-0.2, -0.15) is 5.23 Å². The van der Waals surface area contributed by atoms with E-state index >= 15 is 0 Å². The minimum absolute atomic E-state index is 0.242. The van der Waals surface area contributed by atoms with Gasteiger partial charge in [0.1, 0.15) is 4.88 Å². The number of benzene rings is 2. The molecule has 0 aliphatic heterocycles. The summed E-state index contributed by atoms with van der Waals surface area (Å²) in [7, 11) is 1.57. The first kappa shape index (κ1) is 26.1. The number of fused-ring (bicyclic) bond motifs is 1. The number of hydrogen-bond donors (Lipinski definition) is 6. The summed E-state index contributed by atoms with van der Waals surface area (Å²) in [6.45, 7) is 1.40. The van der Waals surface area contributed by atoms with E-state index in [1.54, 1.807) is 37.6 Å². The van der Waals surface area contributed by atoms with Gasteiger partial charge >= 0.3 is 0 Å². The van der Waals surface area contributed by atoms with Crippen molar-refractivity contribution in [2.45, 2.75) is 6.54 Å². The summed E-state index contributed by atoms with van der Waals surface area (Å²) < 4.78 is 5.00. The van der Waals surface area contributed by atoms with Crippen molar-refractivity contribution >= 4 is 45.2 Å². The Hall–Kier alpha value is -4.00. The average molecular weight is 521 g/mol. The molecule has 2 aromatic carbocycles. The van der Waals surface area contributed by atoms with Gasteiger partial charge in [-0.15, -0.1) is 11.3 Å². The van der Waals surface area contributed by atoms with Crippen LogP contribution in [0.2, 0.25) is 0 Å². The Morgan fingerprint density at radius 2 is 1.95 bits per heavy atom. The maximum Gasteiger partial charge on any atom is 0.267 e. The van der Waals surface area contributed by atoms with Crippen LogP contribution in [0.3, 0.4) is 0 Å². The van der Waals surface area contributed by atoms with Crippen LogP contribution >= 0.6 is 11.3 Å². The molecule has 10 nitrogen and oxygen atoms in total. The van der Waals surface area contributed by atoms with Gasteiger partial charge in [-0.1, -0.05) is 24.3 Å². The lowest BCUT2D eigenvalue weighted by Crippen LogP contribution is -2.99. The van der Waals surface area contributed by atoms with E-state index in [9.17, 15) is 10.0 Å². The van der Waals surface area contributed by atoms with Crippen LogP contribution in [0.1, 0.15) is 15.2 Å². The fourth-order valence-corrected chi connectivity index (χ4v) is 4.45. The molecule has 0 saturated carbocycles. The van der Waals surface area contributed by atoms with Gasteiger partial charge in [-0.3, -0.25) is 9.78 Å². The number of aromatic nitrogens is 1. The molecule has 0 spiro atoms. The average Bonchev–Trinajstić information content (AvgIpc) is 3.36. The van der Waals surface area contributed by atoms with E-state index in [2.05, 4.69) is 26.3 Å². The molecule has 0 bridgehead atoms. The fourth-order valence-electron chi connectivity index (χ4n) is 3.68. The largest absolute Gasteiger partial charge is 0.595 e. The van der Waals surface area contributed by atoms with Crippen molar-refractivity contribution in [2.24, 2.45) is 0 Å². The number of para-hydroxylation sites is 1. The summed E-state index contributed by atoms with van der Waals surface area (Å²) in [4.78, 5) is 18.0. The van der Waals surface area contributed by atoms with Crippen molar-refractivity contribution in [1.82, 2.24) is 10.3 Å². The molecule has 4 rings (SSSR count). The molecule has 2 aromatic heterocycles. The Labute approximate surface area is 218 Å². The number of pyridine rings is 1. The molecule has 37 heavy (non-hydrogen) atoms. The predicted octanol–water partition coefficient (Wildman–Crippen LogP) is 3.38. The van der Waals surface area contributed by atoms with Crippen LogP contribution in [0.4, 0.5) is 17.1 Å². The number of carbonyl (C=O) groups excluding carboxylic acids is 1. The van der Waals surface area contributed by atoms with Gasteiger partial charge in [0, 0.05) is 43.2 Å². The maximum atomic E-state index is 13.1. The normalized spacial score (nSPS) is 12.2. The molecule has 2 heterocycles. The molecule has 0 aliphatic rings. The molecule has 0 aliphatic carbocycles. The number of quaternary nitrogens is 1. The second kappa shape index (κ2) is 12.8. The minimum atomic E-state index is -1.09. The lowest BCUT2D eigenvalue weighted by Gasteiger charge is -2.16. The highest BCUT2D eigenvalue weighted by Gasteiger charge is 2.14. The van der Waals surface area contributed by atoms with E-state index in [0.29, 0.717) is 41.8 Å². The van der Waals surface area contributed by atoms with E-state index in [1.165, 1.54) is 11.3 Å². The van der Waals surface area contributed by atoms with Gasteiger partial charge in [-0.25, -0.2) is 5.21 Å². The van der Waals surface area contributed by atoms with Gasteiger partial charge in [-0.05, 0) is 47.3 Å². The lowest BCUT2D eigenvalue weighted by atomic mass is 10.1. The van der Waals surface area contributed by atoms with Gasteiger partial charge in [0.25, 0.3) is 5.91 Å². The molecule has 1 amide bonds. The van der Waals surface area contributed by atoms with Crippen LogP contribution in [0.5, 0.6) is 0 Å². The Balaban J connectivity index is 1.42. The molecule has 1 atom stereocenters. The number of carbonyl (C=O) groups is 1. The number of nitrogens with zero attached hydrogens (tertiary/aromatic N) is 1. The highest BCUT2D eigenvalue weighted by molar-refractivity contribution is 7.12. The number of ether oxygens (including phenoxy) is 1. The quantitative estimate of drug-likeness (QED) is 0.124. The van der Waals surface area contributed by atoms with E-state index in [-0.39, 0.29) is 5.91 Å². The van der Waals surface area contributed by atoms with E-state index in [1.807, 2.05) is 41.8 Å². The fraction of sp³-hybridized carbons (Fsp3) is 0.154. The van der Waals surface area contributed by atoms with Crippen molar-refractivity contribution in [2.75, 3.05) is 36.2 Å². The number of rotatable bonds is 12. The molecule has 0 saturated heterocycles. The number of hydrogen-bond acceptors (Lipinski definition) is 9. The first-order valence-electron chi connectivity index (χ1n) is 11.5. The number of methoxy groups -OCH3 is 1. The van der Waals surface area contributed by atoms with Gasteiger partial charge in [0.15, 0.2) is 12.0 Å². The van der Waals surface area contributed by atoms with E-state index in [4.69, 9.17) is 9.94 Å². The van der Waals surface area contributed by atoms with Crippen molar-refractivity contribution in [3.63, 3.8) is 0 Å². The monoisotopic (exact) mass is 520 g/mol. The number of anilines is 3. The summed E-state index contributed by atoms with van der Waals surface area (Å²) in [6, 6.07) is 18.9. The molecule has 11 heteroatoms. The summed E-state index contributed by atoms with van der Waals surface area (Å²) >= 11 is 1.35. The molecular weight excluding hydrogens is 492 g/mol. The van der Waals surface area contributed by atoms with Crippen molar-refractivity contribution in [3.05, 3.63) is 99.9 Å². The number of hydroxylamine groups is 2. The Kier molecular flexibility index (Phi) is 9.03. The molecule has 0 fully saturated rings. The Morgan fingerprint density at radius 1 is 1.14 bits per heavy atom. The smallest absolute Gasteiger partial charge is 0.267 e. The third-order valence-electron chi connectivity index (χ3n) is 5.37. The highest BCUT2D eigenvalue weighted by Crippen LogP contribution is 2.26. The van der Waals surface area contributed by atoms with Crippen LogP contribution in [-0.2, 0) is 11.3 Å². The highest BCUT2D eigenvalue weighted by atomic mass is 32.1. The molecular formula is C26H28N6O4S. The molecule has 0 radical (unpaired) electrons. The first-order chi connectivity index (χ1) is 18.0. The van der Waals surface area contributed by atoms with Gasteiger partial charge < -0.3 is 31.2 Å². The number of nitrogens with one attached hydrogen (secondary N) is 5. The van der Waals surface area contributed by atoms with Gasteiger partial charge in [0.05, 0.1) is 17.8 Å². The molecule has 4 aromatic rings. The summed E-state index contributed by atoms with van der Waals surface area (Å²) in [5, 5.41) is 34.5. The van der Waals surface area contributed by atoms with Crippen LogP contribution in [0.15, 0.2) is 84.3 Å². The van der Waals surface area contributed by atoms with Crippen molar-refractivity contribution < 1.29 is 20.0 Å². The lowest BCUT2D eigenvalue weighted by molar-refractivity contribution is -1.00. The minimum Gasteiger partial charge on any atom is -0.595 e. The van der Waals surface area contributed by atoms with Crippen LogP contribution in [-0.4, -0.2) is 36.4 Å². The number of thiophene rings is 1. The summed E-state index contributed by atoms with van der Waals surface area (Å²) in [6.07, 6.45) is 2.82. The zero-order valence-electron chi connectivity index (χ0n) is 20.2. The SMILES string of the molecule is COCCNC(=C[NH+]([O-])O)Nc1cccc(NC(=O)c2sccc2NCc2ccnc3ccccc23)c1. The van der Waals surface area contributed by atoms with Crippen LogP contribution in [0.25, 0.3) is 10.9 Å². The molecule has 6 N–H and O–H groups in total. The zero-order valence-corrected chi connectivity index (χ0v) is 21.0. The third-order valence-corrected chi connectivity index (χ3v) is 6.28. The van der Waals surface area contributed by atoms with Crippen LogP contribution in [0, 0.1) is 5.21 Å². The Bertz CT molecular complexity index is 1370. The van der Waals surface area contributed by atoms with E-state index < -0.39 is 5.23 Å². The molecule has 1 unspecified atom stereocenters. The standard InChI is InChI=1S/C26H28N6O4S/c1-36-13-12-28-24(17-32(34)35)30-19-5-4-6-20(15-19)31-26(33)25-23(10-14-37-25)29-16-18-9-11-27-22-8-3-2-7-21(18)22/h2-11,14-15,17,28-30,32,34H,12-13,16H2,1H3,(H,31,33). The second-order valence-corrected chi connectivity index (χ2v) is 8.90. The molecule has 192 valence electrons.